The maximum atomic E-state index is 12.9. The number of nitrogens with two attached hydrogens (primary N) is 1. The highest BCUT2D eigenvalue weighted by molar-refractivity contribution is 6.10. The van der Waals surface area contributed by atoms with Crippen LogP contribution in [0.3, 0.4) is 0 Å². The lowest BCUT2D eigenvalue weighted by atomic mass is 10.1. The first-order valence-electron chi connectivity index (χ1n) is 10.1. The van der Waals surface area contributed by atoms with E-state index in [9.17, 15) is 14.4 Å². The van der Waals surface area contributed by atoms with Gasteiger partial charge in [-0.1, -0.05) is 42.5 Å². The van der Waals surface area contributed by atoms with E-state index in [1.54, 1.807) is 59.5 Å². The molecule has 3 amide bonds. The summed E-state index contributed by atoms with van der Waals surface area (Å²) in [4.78, 5) is 39.0. The molecule has 4 N–H and O–H groups in total. The van der Waals surface area contributed by atoms with Crippen molar-refractivity contribution in [2.24, 2.45) is 5.73 Å². The van der Waals surface area contributed by atoms with Crippen molar-refractivity contribution < 1.29 is 19.1 Å². The van der Waals surface area contributed by atoms with E-state index in [4.69, 9.17) is 10.5 Å². The fraction of sp³-hybridized carbons (Fsp3) is 0.125. The number of primary amides is 1. The number of anilines is 3. The molecule has 4 rings (SSSR count). The highest BCUT2D eigenvalue weighted by Crippen LogP contribution is 2.32. The Kier molecular flexibility index (Phi) is 6.03. The van der Waals surface area contributed by atoms with Crippen molar-refractivity contribution >= 4 is 34.8 Å². The van der Waals surface area contributed by atoms with Gasteiger partial charge in [-0.25, -0.2) is 0 Å². The molecule has 0 aromatic heterocycles. The van der Waals surface area contributed by atoms with Crippen LogP contribution in [0, 0.1) is 0 Å². The summed E-state index contributed by atoms with van der Waals surface area (Å²) < 4.78 is 5.63. The normalized spacial score (nSPS) is 14.6. The van der Waals surface area contributed by atoms with Gasteiger partial charge in [0.15, 0.2) is 6.10 Å². The van der Waals surface area contributed by atoms with Gasteiger partial charge < -0.3 is 26.0 Å². The molecular formula is C24H22N4O4. The Hall–Kier alpha value is -4.33. The molecular weight excluding hydrogens is 408 g/mol. The molecule has 1 heterocycles. The fourth-order valence-corrected chi connectivity index (χ4v) is 3.48. The molecule has 8 heteroatoms. The van der Waals surface area contributed by atoms with Crippen LogP contribution in [-0.4, -0.2) is 36.9 Å². The van der Waals surface area contributed by atoms with E-state index in [0.717, 1.165) is 0 Å². The highest BCUT2D eigenvalue weighted by atomic mass is 16.5. The van der Waals surface area contributed by atoms with Crippen molar-refractivity contribution in [1.29, 1.82) is 0 Å². The zero-order chi connectivity index (χ0) is 22.5. The molecule has 0 bridgehead atoms. The monoisotopic (exact) mass is 430 g/mol. The number of nitrogens with zero attached hydrogens (tertiary/aromatic N) is 1. The van der Waals surface area contributed by atoms with Gasteiger partial charge in [0.05, 0.1) is 30.0 Å². The van der Waals surface area contributed by atoms with Gasteiger partial charge >= 0.3 is 0 Å². The molecule has 0 radical (unpaired) electrons. The van der Waals surface area contributed by atoms with E-state index in [2.05, 4.69) is 10.6 Å². The summed E-state index contributed by atoms with van der Waals surface area (Å²) in [5.41, 5.74) is 7.49. The van der Waals surface area contributed by atoms with Crippen LogP contribution in [0.5, 0.6) is 5.75 Å². The number of carbonyl (C=O) groups excluding carboxylic acids is 3. The number of fused-ring (bicyclic) bond motifs is 1. The Morgan fingerprint density at radius 2 is 1.59 bits per heavy atom. The van der Waals surface area contributed by atoms with Crippen LogP contribution in [0.15, 0.2) is 78.9 Å². The average Bonchev–Trinajstić information content (AvgIpc) is 2.80. The molecule has 0 spiro atoms. The molecule has 0 fully saturated rings. The number of nitrogens with one attached hydrogen (secondary N) is 2. The number of amides is 3. The van der Waals surface area contributed by atoms with Gasteiger partial charge in [-0.3, -0.25) is 14.4 Å². The fourth-order valence-electron chi connectivity index (χ4n) is 3.48. The molecule has 0 saturated carbocycles. The minimum absolute atomic E-state index is 0.0429. The molecule has 3 aromatic carbocycles. The standard InChI is InChI=1S/C24H22N4O4/c25-23(30)21-14-28(19-12-6-7-13-20(19)32-21)15-22(29)27-18-11-5-4-10-17(18)24(31)26-16-8-2-1-3-9-16/h1-13,21H,14-15H2,(H2,25,30)(H,26,31)(H,27,29). The summed E-state index contributed by atoms with van der Waals surface area (Å²) in [7, 11) is 0. The molecule has 3 aromatic rings. The van der Waals surface area contributed by atoms with Gasteiger partial charge in [-0.05, 0) is 36.4 Å². The molecule has 1 atom stereocenters. The van der Waals surface area contributed by atoms with Crippen LogP contribution in [0.25, 0.3) is 0 Å². The van der Waals surface area contributed by atoms with Crippen LogP contribution in [0.4, 0.5) is 17.1 Å². The predicted molar refractivity (Wildman–Crippen MR) is 122 cm³/mol. The lowest BCUT2D eigenvalue weighted by Crippen LogP contribution is -2.49. The SMILES string of the molecule is NC(=O)C1CN(CC(=O)Nc2ccccc2C(=O)Nc2ccccc2)c2ccccc2O1. The highest BCUT2D eigenvalue weighted by Gasteiger charge is 2.30. The molecule has 1 unspecified atom stereocenters. The maximum Gasteiger partial charge on any atom is 0.260 e. The molecule has 162 valence electrons. The van der Waals surface area contributed by atoms with Gasteiger partial charge in [0.25, 0.3) is 11.8 Å². The minimum atomic E-state index is -0.860. The summed E-state index contributed by atoms with van der Waals surface area (Å²) in [6, 6.07) is 23.0. The van der Waals surface area contributed by atoms with Crippen molar-refractivity contribution in [3.63, 3.8) is 0 Å². The zero-order valence-corrected chi connectivity index (χ0v) is 17.2. The first-order valence-corrected chi connectivity index (χ1v) is 10.1. The lowest BCUT2D eigenvalue weighted by molar-refractivity contribution is -0.125. The molecule has 1 aliphatic heterocycles. The molecule has 0 aliphatic carbocycles. The Morgan fingerprint density at radius 3 is 2.38 bits per heavy atom. The third-order valence-electron chi connectivity index (χ3n) is 4.99. The number of hydrogen-bond donors (Lipinski definition) is 3. The Balaban J connectivity index is 1.49. The summed E-state index contributed by atoms with van der Waals surface area (Å²) in [5.74, 6) is -0.798. The topological polar surface area (TPSA) is 114 Å². The van der Waals surface area contributed by atoms with Gasteiger partial charge in [0, 0.05) is 5.69 Å². The van der Waals surface area contributed by atoms with Crippen molar-refractivity contribution in [2.75, 3.05) is 28.6 Å². The Labute approximate surface area is 185 Å². The second kappa shape index (κ2) is 9.22. The molecule has 32 heavy (non-hydrogen) atoms. The number of hydrogen-bond acceptors (Lipinski definition) is 5. The van der Waals surface area contributed by atoms with Crippen LogP contribution < -0.4 is 26.0 Å². The summed E-state index contributed by atoms with van der Waals surface area (Å²) in [5, 5.41) is 5.62. The maximum absolute atomic E-state index is 12.9. The molecule has 0 saturated heterocycles. The smallest absolute Gasteiger partial charge is 0.260 e. The second-order valence-corrected chi connectivity index (χ2v) is 7.27. The van der Waals surface area contributed by atoms with E-state index >= 15 is 0 Å². The zero-order valence-electron chi connectivity index (χ0n) is 17.2. The van der Waals surface area contributed by atoms with Crippen molar-refractivity contribution in [1.82, 2.24) is 0 Å². The van der Waals surface area contributed by atoms with Crippen LogP contribution in [0.2, 0.25) is 0 Å². The first kappa shape index (κ1) is 20.9. The largest absolute Gasteiger partial charge is 0.477 e. The minimum Gasteiger partial charge on any atom is -0.477 e. The number of benzene rings is 3. The van der Waals surface area contributed by atoms with E-state index in [-0.39, 0.29) is 24.9 Å². The quantitative estimate of drug-likeness (QED) is 0.556. The van der Waals surface area contributed by atoms with Gasteiger partial charge in [-0.2, -0.15) is 0 Å². The second-order valence-electron chi connectivity index (χ2n) is 7.27. The van der Waals surface area contributed by atoms with Crippen molar-refractivity contribution in [2.45, 2.75) is 6.10 Å². The number of para-hydroxylation sites is 4. The van der Waals surface area contributed by atoms with E-state index in [1.165, 1.54) is 0 Å². The van der Waals surface area contributed by atoms with Gasteiger partial charge in [-0.15, -0.1) is 0 Å². The molecule has 8 nitrogen and oxygen atoms in total. The Morgan fingerprint density at radius 1 is 0.906 bits per heavy atom. The first-order chi connectivity index (χ1) is 15.5. The van der Waals surface area contributed by atoms with Crippen LogP contribution in [0.1, 0.15) is 10.4 Å². The van der Waals surface area contributed by atoms with Gasteiger partial charge in [0.2, 0.25) is 5.91 Å². The van der Waals surface area contributed by atoms with Crippen molar-refractivity contribution in [3.8, 4) is 5.75 Å². The van der Waals surface area contributed by atoms with Crippen LogP contribution >= 0.6 is 0 Å². The average molecular weight is 430 g/mol. The third-order valence-corrected chi connectivity index (χ3v) is 4.99. The van der Waals surface area contributed by atoms with Gasteiger partial charge in [0.1, 0.15) is 5.75 Å². The Bertz CT molecular complexity index is 1150. The number of ether oxygens (including phenoxy) is 1. The summed E-state index contributed by atoms with van der Waals surface area (Å²) >= 11 is 0. The van der Waals surface area contributed by atoms with E-state index in [0.29, 0.717) is 28.4 Å². The van der Waals surface area contributed by atoms with E-state index < -0.39 is 12.0 Å². The predicted octanol–water partition coefficient (Wildman–Crippen LogP) is 2.63. The number of rotatable bonds is 6. The number of carbonyl (C=O) groups is 3. The molecule has 1 aliphatic rings. The van der Waals surface area contributed by atoms with Crippen LogP contribution in [-0.2, 0) is 9.59 Å². The lowest BCUT2D eigenvalue weighted by Gasteiger charge is -2.34. The third kappa shape index (κ3) is 4.70. The summed E-state index contributed by atoms with van der Waals surface area (Å²) in [6.45, 7) is 0.106. The summed E-state index contributed by atoms with van der Waals surface area (Å²) in [6.07, 6.45) is -0.860. The van der Waals surface area contributed by atoms with E-state index in [1.807, 2.05) is 24.3 Å². The van der Waals surface area contributed by atoms with Crippen molar-refractivity contribution in [3.05, 3.63) is 84.4 Å².